The zero-order valence-electron chi connectivity index (χ0n) is 13.0. The van der Waals surface area contributed by atoms with E-state index in [2.05, 4.69) is 16.7 Å². The smallest absolute Gasteiger partial charge is 0.252 e. The van der Waals surface area contributed by atoms with E-state index in [0.29, 0.717) is 17.9 Å². The van der Waals surface area contributed by atoms with Gasteiger partial charge in [0.2, 0.25) is 0 Å². The Morgan fingerprint density at radius 3 is 2.43 bits per heavy atom. The van der Waals surface area contributed by atoms with Crippen LogP contribution in [0.4, 0.5) is 0 Å². The minimum Gasteiger partial charge on any atom is -0.493 e. The van der Waals surface area contributed by atoms with Crippen molar-refractivity contribution < 1.29 is 9.53 Å². The fraction of sp³-hybridized carbons (Fsp3) is 0.562. The first kappa shape index (κ1) is 15.8. The van der Waals surface area contributed by atoms with Crippen LogP contribution in [-0.4, -0.2) is 55.0 Å². The van der Waals surface area contributed by atoms with E-state index < -0.39 is 5.91 Å². The summed E-state index contributed by atoms with van der Waals surface area (Å²) in [5.74, 6) is 0.139. The number of likely N-dealkylation sites (N-methyl/N-ethyl adjacent to an activating group) is 1. The lowest BCUT2D eigenvalue weighted by Gasteiger charge is -2.34. The van der Waals surface area contributed by atoms with E-state index in [0.717, 1.165) is 44.8 Å². The third-order valence-corrected chi connectivity index (χ3v) is 3.93. The van der Waals surface area contributed by atoms with Crippen molar-refractivity contribution >= 4 is 5.91 Å². The topological polar surface area (TPSA) is 58.8 Å². The lowest BCUT2D eigenvalue weighted by Crippen LogP contribution is -2.45. The molecule has 21 heavy (non-hydrogen) atoms. The second-order valence-corrected chi connectivity index (χ2v) is 5.34. The third kappa shape index (κ3) is 4.19. The van der Waals surface area contributed by atoms with Crippen LogP contribution in [0.2, 0.25) is 0 Å². The summed E-state index contributed by atoms with van der Waals surface area (Å²) in [6.07, 6.45) is 0. The van der Waals surface area contributed by atoms with Crippen LogP contribution in [0.25, 0.3) is 0 Å². The van der Waals surface area contributed by atoms with Crippen molar-refractivity contribution in [2.75, 3.05) is 39.3 Å². The summed E-state index contributed by atoms with van der Waals surface area (Å²) in [6.45, 7) is 10.9. The standard InChI is InChI=1S/C16H25N3O2/c1-3-18-7-9-19(10-8-18)12-13-5-6-15(21-4-2)14(11-13)16(17)20/h5-6,11H,3-4,7-10,12H2,1-2H3,(H2,17,20). The molecule has 1 aliphatic rings. The highest BCUT2D eigenvalue weighted by Gasteiger charge is 2.17. The van der Waals surface area contributed by atoms with Gasteiger partial charge in [-0.15, -0.1) is 0 Å². The van der Waals surface area contributed by atoms with Gasteiger partial charge in [0.15, 0.2) is 0 Å². The van der Waals surface area contributed by atoms with E-state index in [-0.39, 0.29) is 0 Å². The number of carbonyl (C=O) groups excluding carboxylic acids is 1. The summed E-state index contributed by atoms with van der Waals surface area (Å²) in [7, 11) is 0. The average molecular weight is 291 g/mol. The first-order valence-electron chi connectivity index (χ1n) is 7.64. The number of carbonyl (C=O) groups is 1. The van der Waals surface area contributed by atoms with E-state index in [9.17, 15) is 4.79 Å². The van der Waals surface area contributed by atoms with Gasteiger partial charge in [0.05, 0.1) is 12.2 Å². The summed E-state index contributed by atoms with van der Waals surface area (Å²) in [4.78, 5) is 16.4. The fourth-order valence-corrected chi connectivity index (χ4v) is 2.67. The molecule has 1 aromatic rings. The number of hydrogen-bond acceptors (Lipinski definition) is 4. The van der Waals surface area contributed by atoms with Gasteiger partial charge in [-0.25, -0.2) is 0 Å². The molecule has 0 spiro atoms. The maximum Gasteiger partial charge on any atom is 0.252 e. The monoisotopic (exact) mass is 291 g/mol. The highest BCUT2D eigenvalue weighted by molar-refractivity contribution is 5.95. The molecule has 1 fully saturated rings. The molecule has 0 atom stereocenters. The number of primary amides is 1. The molecule has 0 aromatic heterocycles. The number of nitrogens with two attached hydrogens (primary N) is 1. The van der Waals surface area contributed by atoms with Crippen LogP contribution < -0.4 is 10.5 Å². The van der Waals surface area contributed by atoms with Gasteiger partial charge in [0, 0.05) is 32.7 Å². The number of piperazine rings is 1. The largest absolute Gasteiger partial charge is 0.493 e. The number of benzene rings is 1. The van der Waals surface area contributed by atoms with Gasteiger partial charge in [0.1, 0.15) is 5.75 Å². The minimum atomic E-state index is -0.434. The van der Waals surface area contributed by atoms with Crippen molar-refractivity contribution in [1.82, 2.24) is 9.80 Å². The molecular weight excluding hydrogens is 266 g/mol. The van der Waals surface area contributed by atoms with Crippen LogP contribution in [0.15, 0.2) is 18.2 Å². The van der Waals surface area contributed by atoms with E-state index >= 15 is 0 Å². The molecule has 1 aromatic carbocycles. The second-order valence-electron chi connectivity index (χ2n) is 5.34. The Kier molecular flexibility index (Phi) is 5.59. The van der Waals surface area contributed by atoms with Crippen molar-refractivity contribution in [2.45, 2.75) is 20.4 Å². The summed E-state index contributed by atoms with van der Waals surface area (Å²) in [5.41, 5.74) is 7.03. The lowest BCUT2D eigenvalue weighted by molar-refractivity contribution is 0.0996. The molecular formula is C16H25N3O2. The number of nitrogens with zero attached hydrogens (tertiary/aromatic N) is 2. The SMILES string of the molecule is CCOc1ccc(CN2CCN(CC)CC2)cc1C(N)=O. The van der Waals surface area contributed by atoms with Crippen molar-refractivity contribution in [1.29, 1.82) is 0 Å². The predicted molar refractivity (Wildman–Crippen MR) is 83.5 cm³/mol. The Bertz CT molecular complexity index is 482. The predicted octanol–water partition coefficient (Wildman–Crippen LogP) is 1.32. The van der Waals surface area contributed by atoms with Crippen LogP contribution in [0.3, 0.4) is 0 Å². The molecule has 0 unspecified atom stereocenters. The molecule has 2 rings (SSSR count). The van der Waals surface area contributed by atoms with Gasteiger partial charge in [-0.05, 0) is 31.2 Å². The van der Waals surface area contributed by atoms with Crippen LogP contribution in [-0.2, 0) is 6.54 Å². The van der Waals surface area contributed by atoms with E-state index in [4.69, 9.17) is 10.5 Å². The van der Waals surface area contributed by atoms with Crippen molar-refractivity contribution in [3.8, 4) is 5.75 Å². The Balaban J connectivity index is 2.04. The molecule has 1 saturated heterocycles. The number of hydrogen-bond donors (Lipinski definition) is 1. The number of ether oxygens (including phenoxy) is 1. The molecule has 116 valence electrons. The van der Waals surface area contributed by atoms with Gasteiger partial charge in [0.25, 0.3) is 5.91 Å². The third-order valence-electron chi connectivity index (χ3n) is 3.93. The quantitative estimate of drug-likeness (QED) is 0.859. The van der Waals surface area contributed by atoms with E-state index in [1.165, 1.54) is 0 Å². The Labute approximate surface area is 126 Å². The lowest BCUT2D eigenvalue weighted by atomic mass is 10.1. The number of amides is 1. The molecule has 0 radical (unpaired) electrons. The molecule has 0 aliphatic carbocycles. The summed E-state index contributed by atoms with van der Waals surface area (Å²) in [5, 5.41) is 0. The zero-order valence-corrected chi connectivity index (χ0v) is 13.0. The molecule has 0 bridgehead atoms. The maximum absolute atomic E-state index is 11.5. The molecule has 1 amide bonds. The summed E-state index contributed by atoms with van der Waals surface area (Å²) >= 11 is 0. The van der Waals surface area contributed by atoms with Crippen LogP contribution >= 0.6 is 0 Å². The molecule has 2 N–H and O–H groups in total. The van der Waals surface area contributed by atoms with Gasteiger partial charge >= 0.3 is 0 Å². The fourth-order valence-electron chi connectivity index (χ4n) is 2.67. The molecule has 0 saturated carbocycles. The Hall–Kier alpha value is -1.59. The van der Waals surface area contributed by atoms with Gasteiger partial charge < -0.3 is 15.4 Å². The van der Waals surface area contributed by atoms with Gasteiger partial charge in [-0.3, -0.25) is 9.69 Å². The highest BCUT2D eigenvalue weighted by Crippen LogP contribution is 2.21. The first-order chi connectivity index (χ1) is 10.1. The van der Waals surface area contributed by atoms with E-state index in [1.54, 1.807) is 0 Å². The second kappa shape index (κ2) is 7.43. The Morgan fingerprint density at radius 2 is 1.86 bits per heavy atom. The van der Waals surface area contributed by atoms with Crippen molar-refractivity contribution in [3.63, 3.8) is 0 Å². The molecule has 5 nitrogen and oxygen atoms in total. The summed E-state index contributed by atoms with van der Waals surface area (Å²) in [6, 6.07) is 5.73. The van der Waals surface area contributed by atoms with Crippen LogP contribution in [0.1, 0.15) is 29.8 Å². The molecule has 5 heteroatoms. The normalized spacial score (nSPS) is 16.9. The molecule has 1 aliphatic heterocycles. The van der Waals surface area contributed by atoms with E-state index in [1.807, 2.05) is 25.1 Å². The van der Waals surface area contributed by atoms with Crippen LogP contribution in [0, 0.1) is 0 Å². The highest BCUT2D eigenvalue weighted by atomic mass is 16.5. The first-order valence-corrected chi connectivity index (χ1v) is 7.64. The number of rotatable bonds is 6. The van der Waals surface area contributed by atoms with Gasteiger partial charge in [-0.1, -0.05) is 13.0 Å². The summed E-state index contributed by atoms with van der Waals surface area (Å²) < 4.78 is 5.45. The average Bonchev–Trinajstić information content (AvgIpc) is 2.49. The van der Waals surface area contributed by atoms with Crippen molar-refractivity contribution in [2.24, 2.45) is 5.73 Å². The maximum atomic E-state index is 11.5. The minimum absolute atomic E-state index is 0.434. The van der Waals surface area contributed by atoms with Crippen LogP contribution in [0.5, 0.6) is 5.75 Å². The Morgan fingerprint density at radius 1 is 1.19 bits per heavy atom. The van der Waals surface area contributed by atoms with Gasteiger partial charge in [-0.2, -0.15) is 0 Å². The molecule has 1 heterocycles. The zero-order chi connectivity index (χ0) is 15.2. The van der Waals surface area contributed by atoms with Crippen molar-refractivity contribution in [3.05, 3.63) is 29.3 Å².